The summed E-state index contributed by atoms with van der Waals surface area (Å²) < 4.78 is 0. The van der Waals surface area contributed by atoms with E-state index in [4.69, 9.17) is 0 Å². The van der Waals surface area contributed by atoms with Gasteiger partial charge in [-0.25, -0.2) is 4.79 Å². The fraction of sp³-hybridized carbons (Fsp3) is 0.304. The molecule has 0 bridgehead atoms. The summed E-state index contributed by atoms with van der Waals surface area (Å²) in [4.78, 5) is 27.2. The first-order valence-corrected chi connectivity index (χ1v) is 9.71. The van der Waals surface area contributed by atoms with Crippen LogP contribution in [0.15, 0.2) is 73.3 Å². The van der Waals surface area contributed by atoms with Crippen molar-refractivity contribution in [2.24, 2.45) is 5.92 Å². The second kappa shape index (κ2) is 9.74. The normalized spacial score (nSPS) is 18.9. The van der Waals surface area contributed by atoms with E-state index in [1.807, 2.05) is 60.7 Å². The third-order valence-electron chi connectivity index (χ3n) is 5.11. The number of likely N-dealkylation sites (tertiary alicyclic amines) is 1. The molecule has 2 atom stereocenters. The van der Waals surface area contributed by atoms with Crippen molar-refractivity contribution in [3.8, 4) is 0 Å². The van der Waals surface area contributed by atoms with Gasteiger partial charge in [-0.3, -0.25) is 4.79 Å². The highest BCUT2D eigenvalue weighted by molar-refractivity contribution is 5.81. The number of hydrogen-bond donors (Lipinski definition) is 2. The molecule has 0 saturated carbocycles. The molecule has 0 radical (unpaired) electrons. The number of carbonyl (C=O) groups is 2. The Balaban J connectivity index is 1.72. The van der Waals surface area contributed by atoms with E-state index in [0.29, 0.717) is 19.6 Å². The summed E-state index contributed by atoms with van der Waals surface area (Å²) in [5.41, 5.74) is 2.15. The summed E-state index contributed by atoms with van der Waals surface area (Å²) in [6, 6.07) is 19.7. The highest BCUT2D eigenvalue weighted by Gasteiger charge is 2.35. The Morgan fingerprint density at radius 1 is 1.00 bits per heavy atom. The first-order chi connectivity index (χ1) is 13.7. The summed E-state index contributed by atoms with van der Waals surface area (Å²) in [5, 5.41) is 5.87. The van der Waals surface area contributed by atoms with Crippen LogP contribution in [0.4, 0.5) is 4.79 Å². The number of carbonyl (C=O) groups excluding carboxylic acids is 2. The lowest BCUT2D eigenvalue weighted by molar-refractivity contribution is -0.126. The van der Waals surface area contributed by atoms with Crippen molar-refractivity contribution in [3.05, 3.63) is 84.4 Å². The van der Waals surface area contributed by atoms with Gasteiger partial charge in [0, 0.05) is 19.6 Å². The number of hydrogen-bond acceptors (Lipinski definition) is 2. The van der Waals surface area contributed by atoms with Gasteiger partial charge in [0.25, 0.3) is 0 Å². The first-order valence-electron chi connectivity index (χ1n) is 9.71. The standard InChI is InChI=1S/C23H27N3O2/c1-2-15-24-22(27)20-13-14-21(19-11-7-4-8-12-19)26(17-20)23(28)25-16-18-9-5-3-6-10-18/h2-12,20-21H,1,13-17H2,(H,24,27)(H,25,28). The van der Waals surface area contributed by atoms with Crippen molar-refractivity contribution in [3.63, 3.8) is 0 Å². The average Bonchev–Trinajstić information content (AvgIpc) is 2.76. The fourth-order valence-corrected chi connectivity index (χ4v) is 3.62. The monoisotopic (exact) mass is 377 g/mol. The number of urea groups is 1. The second-order valence-electron chi connectivity index (χ2n) is 7.03. The molecule has 146 valence electrons. The van der Waals surface area contributed by atoms with Gasteiger partial charge >= 0.3 is 6.03 Å². The van der Waals surface area contributed by atoms with Gasteiger partial charge in [0.1, 0.15) is 0 Å². The Hall–Kier alpha value is -3.08. The molecule has 3 rings (SSSR count). The molecule has 2 unspecified atom stereocenters. The quantitative estimate of drug-likeness (QED) is 0.755. The molecule has 1 heterocycles. The van der Waals surface area contributed by atoms with E-state index in [1.165, 1.54) is 0 Å². The van der Waals surface area contributed by atoms with Crippen molar-refractivity contribution >= 4 is 11.9 Å². The molecule has 2 aromatic rings. The summed E-state index contributed by atoms with van der Waals surface area (Å²) in [5.74, 6) is -0.227. The maximum absolute atomic E-state index is 13.0. The first kappa shape index (κ1) is 19.7. The van der Waals surface area contributed by atoms with Crippen molar-refractivity contribution in [2.75, 3.05) is 13.1 Å². The maximum Gasteiger partial charge on any atom is 0.318 e. The molecule has 5 nitrogen and oxygen atoms in total. The molecule has 28 heavy (non-hydrogen) atoms. The molecule has 2 aromatic carbocycles. The van der Waals surface area contributed by atoms with Crippen LogP contribution in [0.5, 0.6) is 0 Å². The van der Waals surface area contributed by atoms with Crippen LogP contribution in [0, 0.1) is 5.92 Å². The molecule has 0 aromatic heterocycles. The molecule has 5 heteroatoms. The predicted octanol–water partition coefficient (Wildman–Crippen LogP) is 3.65. The smallest absolute Gasteiger partial charge is 0.318 e. The van der Waals surface area contributed by atoms with Crippen LogP contribution in [-0.4, -0.2) is 29.9 Å². The maximum atomic E-state index is 13.0. The Bertz CT molecular complexity index is 792. The zero-order chi connectivity index (χ0) is 19.8. The number of benzene rings is 2. The van der Waals surface area contributed by atoms with Gasteiger partial charge in [0.05, 0.1) is 12.0 Å². The van der Waals surface area contributed by atoms with E-state index in [0.717, 1.165) is 24.0 Å². The number of piperidine rings is 1. The Labute approximate surface area is 166 Å². The minimum atomic E-state index is -0.206. The Morgan fingerprint density at radius 2 is 1.68 bits per heavy atom. The van der Waals surface area contributed by atoms with Crippen molar-refractivity contribution in [2.45, 2.75) is 25.4 Å². The molecule has 0 aliphatic carbocycles. The Morgan fingerprint density at radius 3 is 2.36 bits per heavy atom. The summed E-state index contributed by atoms with van der Waals surface area (Å²) >= 11 is 0. The molecular formula is C23H27N3O2. The van der Waals surface area contributed by atoms with E-state index in [2.05, 4.69) is 17.2 Å². The third kappa shape index (κ3) is 5.00. The zero-order valence-electron chi connectivity index (χ0n) is 16.0. The van der Waals surface area contributed by atoms with Gasteiger partial charge in [-0.1, -0.05) is 66.7 Å². The molecule has 2 N–H and O–H groups in total. The molecule has 1 fully saturated rings. The lowest BCUT2D eigenvalue weighted by Gasteiger charge is -2.39. The minimum Gasteiger partial charge on any atom is -0.352 e. The highest BCUT2D eigenvalue weighted by Crippen LogP contribution is 2.33. The fourth-order valence-electron chi connectivity index (χ4n) is 3.62. The van der Waals surface area contributed by atoms with Gasteiger partial charge in [-0.15, -0.1) is 6.58 Å². The average molecular weight is 377 g/mol. The van der Waals surface area contributed by atoms with Crippen LogP contribution in [0.3, 0.4) is 0 Å². The molecule has 1 saturated heterocycles. The van der Waals surface area contributed by atoms with Crippen LogP contribution >= 0.6 is 0 Å². The second-order valence-corrected chi connectivity index (χ2v) is 7.03. The number of nitrogens with one attached hydrogen (secondary N) is 2. The van der Waals surface area contributed by atoms with E-state index in [1.54, 1.807) is 11.0 Å². The van der Waals surface area contributed by atoms with Gasteiger partial charge in [-0.2, -0.15) is 0 Å². The SMILES string of the molecule is C=CCNC(=O)C1CCC(c2ccccc2)N(C(=O)NCc2ccccc2)C1. The topological polar surface area (TPSA) is 61.4 Å². The predicted molar refractivity (Wildman–Crippen MR) is 110 cm³/mol. The lowest BCUT2D eigenvalue weighted by Crippen LogP contribution is -2.50. The van der Waals surface area contributed by atoms with Crippen molar-refractivity contribution < 1.29 is 9.59 Å². The largest absolute Gasteiger partial charge is 0.352 e. The molecule has 0 spiro atoms. The molecule has 1 aliphatic rings. The number of amides is 3. The summed E-state index contributed by atoms with van der Waals surface area (Å²) in [6.07, 6.45) is 3.18. The van der Waals surface area contributed by atoms with Crippen LogP contribution in [0.2, 0.25) is 0 Å². The van der Waals surface area contributed by atoms with E-state index in [-0.39, 0.29) is 23.9 Å². The van der Waals surface area contributed by atoms with Crippen molar-refractivity contribution in [1.29, 1.82) is 0 Å². The Kier molecular flexibility index (Phi) is 6.84. The number of nitrogens with zero attached hydrogens (tertiary/aromatic N) is 1. The van der Waals surface area contributed by atoms with Gasteiger partial charge in [0.2, 0.25) is 5.91 Å². The third-order valence-corrected chi connectivity index (χ3v) is 5.11. The molecular weight excluding hydrogens is 350 g/mol. The summed E-state index contributed by atoms with van der Waals surface area (Å²) in [7, 11) is 0. The highest BCUT2D eigenvalue weighted by atomic mass is 16.2. The van der Waals surface area contributed by atoms with Crippen LogP contribution in [0.25, 0.3) is 0 Å². The van der Waals surface area contributed by atoms with Crippen LogP contribution < -0.4 is 10.6 Å². The number of rotatable bonds is 6. The van der Waals surface area contributed by atoms with Gasteiger partial charge in [-0.05, 0) is 24.0 Å². The zero-order valence-corrected chi connectivity index (χ0v) is 16.0. The molecule has 1 aliphatic heterocycles. The van der Waals surface area contributed by atoms with Crippen LogP contribution in [-0.2, 0) is 11.3 Å². The van der Waals surface area contributed by atoms with E-state index >= 15 is 0 Å². The van der Waals surface area contributed by atoms with Crippen LogP contribution in [0.1, 0.15) is 30.0 Å². The molecule has 3 amide bonds. The summed E-state index contributed by atoms with van der Waals surface area (Å²) in [6.45, 7) is 4.95. The van der Waals surface area contributed by atoms with Crippen molar-refractivity contribution in [1.82, 2.24) is 15.5 Å². The van der Waals surface area contributed by atoms with E-state index in [9.17, 15) is 9.59 Å². The minimum absolute atomic E-state index is 0.0210. The van der Waals surface area contributed by atoms with Gasteiger partial charge in [0.15, 0.2) is 0 Å². The lowest BCUT2D eigenvalue weighted by atomic mass is 9.88. The van der Waals surface area contributed by atoms with E-state index < -0.39 is 0 Å². The van der Waals surface area contributed by atoms with Gasteiger partial charge < -0.3 is 15.5 Å².